The Kier molecular flexibility index (Phi) is 4.23. The minimum atomic E-state index is -0.264. The largest absolute Gasteiger partial charge is 0.493 e. The lowest BCUT2D eigenvalue weighted by atomic mass is 9.67. The Balaban J connectivity index is 1.66. The smallest absolute Gasteiger partial charge is 0.331 e. The van der Waals surface area contributed by atoms with Crippen molar-refractivity contribution in [2.45, 2.75) is 53.6 Å². The quantitative estimate of drug-likeness (QED) is 0.599. The molecule has 3 rings (SSSR count). The van der Waals surface area contributed by atoms with E-state index in [1.165, 1.54) is 11.6 Å². The number of rotatable bonds is 3. The fourth-order valence-electron chi connectivity index (χ4n) is 3.79. The van der Waals surface area contributed by atoms with Crippen molar-refractivity contribution in [2.24, 2.45) is 16.7 Å². The third kappa shape index (κ3) is 2.85. The van der Waals surface area contributed by atoms with Gasteiger partial charge in [0.15, 0.2) is 0 Å². The van der Waals surface area contributed by atoms with Crippen molar-refractivity contribution in [3.8, 4) is 5.75 Å². The number of benzene rings is 1. The topological polar surface area (TPSA) is 35.5 Å². The van der Waals surface area contributed by atoms with E-state index in [1.807, 2.05) is 12.1 Å². The zero-order valence-corrected chi connectivity index (χ0v) is 15.4. The molecule has 0 amide bonds. The highest BCUT2D eigenvalue weighted by Crippen LogP contribution is 2.56. The summed E-state index contributed by atoms with van der Waals surface area (Å²) in [6, 6.07) is 6.07. The average molecular weight is 328 g/mol. The third-order valence-electron chi connectivity index (χ3n) is 6.66. The maximum absolute atomic E-state index is 12.3. The van der Waals surface area contributed by atoms with Gasteiger partial charge in [0, 0.05) is 17.9 Å². The number of carbonyl (C=O) groups excluding carboxylic acids is 1. The van der Waals surface area contributed by atoms with Gasteiger partial charge < -0.3 is 9.47 Å². The van der Waals surface area contributed by atoms with E-state index in [0.29, 0.717) is 5.92 Å². The van der Waals surface area contributed by atoms with Gasteiger partial charge in [-0.15, -0.1) is 0 Å². The molecular formula is C21H28O3. The summed E-state index contributed by atoms with van der Waals surface area (Å²) in [7, 11) is 0. The lowest BCUT2D eigenvalue weighted by molar-refractivity contribution is -0.149. The second-order valence-electron chi connectivity index (χ2n) is 8.30. The molecule has 2 unspecified atom stereocenters. The predicted molar refractivity (Wildman–Crippen MR) is 95.9 cm³/mol. The lowest BCUT2D eigenvalue weighted by Gasteiger charge is -2.40. The molecule has 24 heavy (non-hydrogen) atoms. The number of hydrogen-bond acceptors (Lipinski definition) is 3. The molecular weight excluding hydrogens is 300 g/mol. The molecule has 1 heterocycles. The average Bonchev–Trinajstić information content (AvgIpc) is 3.04. The Labute approximate surface area is 145 Å². The molecule has 1 aliphatic carbocycles. The van der Waals surface area contributed by atoms with Crippen LogP contribution in [0.3, 0.4) is 0 Å². The molecule has 0 bridgehead atoms. The van der Waals surface area contributed by atoms with Crippen LogP contribution in [0.1, 0.15) is 52.2 Å². The number of carbonyl (C=O) groups is 1. The summed E-state index contributed by atoms with van der Waals surface area (Å²) in [5, 5.41) is 0. The summed E-state index contributed by atoms with van der Waals surface area (Å²) in [6.45, 7) is 11.9. The van der Waals surface area contributed by atoms with E-state index < -0.39 is 0 Å². The first kappa shape index (κ1) is 17.1. The van der Waals surface area contributed by atoms with Crippen molar-refractivity contribution in [2.75, 3.05) is 6.61 Å². The second kappa shape index (κ2) is 5.94. The Morgan fingerprint density at radius 2 is 2.00 bits per heavy atom. The van der Waals surface area contributed by atoms with Crippen LogP contribution in [0, 0.1) is 16.7 Å². The molecule has 0 radical (unpaired) electrons. The Bertz CT molecular complexity index is 670. The molecule has 0 aromatic heterocycles. The minimum absolute atomic E-state index is 0.0304. The third-order valence-corrected chi connectivity index (χ3v) is 6.66. The molecule has 0 spiro atoms. The van der Waals surface area contributed by atoms with E-state index >= 15 is 0 Å². The lowest BCUT2D eigenvalue weighted by Crippen LogP contribution is -2.38. The molecule has 2 aliphatic rings. The molecule has 1 aromatic rings. The summed E-state index contributed by atoms with van der Waals surface area (Å²) in [5.41, 5.74) is 2.32. The van der Waals surface area contributed by atoms with Gasteiger partial charge in [-0.3, -0.25) is 0 Å². The molecule has 1 saturated carbocycles. The zero-order valence-electron chi connectivity index (χ0n) is 15.4. The van der Waals surface area contributed by atoms with Crippen LogP contribution in [0.5, 0.6) is 5.75 Å². The molecule has 130 valence electrons. The number of ether oxygens (including phenoxy) is 2. The van der Waals surface area contributed by atoms with Crippen molar-refractivity contribution < 1.29 is 14.3 Å². The van der Waals surface area contributed by atoms with Crippen LogP contribution >= 0.6 is 0 Å². The van der Waals surface area contributed by atoms with Gasteiger partial charge in [0.1, 0.15) is 11.9 Å². The maximum Gasteiger partial charge on any atom is 0.331 e. The van der Waals surface area contributed by atoms with E-state index in [4.69, 9.17) is 9.47 Å². The number of esters is 1. The van der Waals surface area contributed by atoms with Gasteiger partial charge in [-0.1, -0.05) is 46.8 Å². The van der Waals surface area contributed by atoms with Gasteiger partial charge >= 0.3 is 5.97 Å². The van der Waals surface area contributed by atoms with E-state index in [1.54, 1.807) is 6.08 Å². The summed E-state index contributed by atoms with van der Waals surface area (Å²) in [4.78, 5) is 12.3. The fraction of sp³-hybridized carbons (Fsp3) is 0.571. The van der Waals surface area contributed by atoms with Gasteiger partial charge in [0.05, 0.1) is 6.61 Å². The van der Waals surface area contributed by atoms with Crippen molar-refractivity contribution in [1.29, 1.82) is 0 Å². The standard InChI is InChI=1S/C21H28O3/c1-14-12-18(21(4,5)20(14,2)3)24-19(22)9-7-15-6-8-16-10-11-23-17(16)13-15/h6-9,13-14,18H,10-12H2,1-5H3/b9-7+. The number of hydrogen-bond donors (Lipinski definition) is 0. The summed E-state index contributed by atoms with van der Waals surface area (Å²) in [5.74, 6) is 1.19. The second-order valence-corrected chi connectivity index (χ2v) is 8.30. The molecule has 2 atom stereocenters. The SMILES string of the molecule is CC1CC(OC(=O)/C=C/c2ccc3c(c2)OCC3)C(C)(C)C1(C)C. The van der Waals surface area contributed by atoms with Crippen LogP contribution in [-0.2, 0) is 16.0 Å². The van der Waals surface area contributed by atoms with E-state index in [0.717, 1.165) is 30.8 Å². The van der Waals surface area contributed by atoms with Crippen LogP contribution in [0.2, 0.25) is 0 Å². The van der Waals surface area contributed by atoms with Gasteiger partial charge in [0.25, 0.3) is 0 Å². The van der Waals surface area contributed by atoms with E-state index in [2.05, 4.69) is 40.7 Å². The van der Waals surface area contributed by atoms with Crippen LogP contribution < -0.4 is 4.74 Å². The van der Waals surface area contributed by atoms with Crippen LogP contribution in [-0.4, -0.2) is 18.7 Å². The van der Waals surface area contributed by atoms with Crippen LogP contribution in [0.15, 0.2) is 24.3 Å². The van der Waals surface area contributed by atoms with Gasteiger partial charge in [-0.25, -0.2) is 4.79 Å². The molecule has 1 fully saturated rings. The molecule has 3 nitrogen and oxygen atoms in total. The molecule has 1 aliphatic heterocycles. The Morgan fingerprint density at radius 1 is 1.25 bits per heavy atom. The highest BCUT2D eigenvalue weighted by molar-refractivity contribution is 5.87. The van der Waals surface area contributed by atoms with Gasteiger partial charge in [-0.05, 0) is 41.0 Å². The Hall–Kier alpha value is -1.77. The minimum Gasteiger partial charge on any atom is -0.493 e. The highest BCUT2D eigenvalue weighted by atomic mass is 16.5. The molecule has 0 N–H and O–H groups in total. The van der Waals surface area contributed by atoms with E-state index in [9.17, 15) is 4.79 Å². The number of fused-ring (bicyclic) bond motifs is 1. The zero-order chi connectivity index (χ0) is 17.5. The van der Waals surface area contributed by atoms with Gasteiger partial charge in [0.2, 0.25) is 0 Å². The van der Waals surface area contributed by atoms with Crippen molar-refractivity contribution >= 4 is 12.0 Å². The van der Waals surface area contributed by atoms with Gasteiger partial charge in [-0.2, -0.15) is 0 Å². The summed E-state index contributed by atoms with van der Waals surface area (Å²) in [6.07, 6.45) is 5.19. The predicted octanol–water partition coefficient (Wildman–Crippen LogP) is 4.64. The van der Waals surface area contributed by atoms with Crippen LogP contribution in [0.4, 0.5) is 0 Å². The van der Waals surface area contributed by atoms with Crippen molar-refractivity contribution in [3.63, 3.8) is 0 Å². The summed E-state index contributed by atoms with van der Waals surface area (Å²) >= 11 is 0. The molecule has 0 saturated heterocycles. The normalized spacial score (nSPS) is 27.0. The first-order valence-electron chi connectivity index (χ1n) is 8.86. The van der Waals surface area contributed by atoms with E-state index in [-0.39, 0.29) is 22.9 Å². The monoisotopic (exact) mass is 328 g/mol. The molecule has 1 aromatic carbocycles. The van der Waals surface area contributed by atoms with Crippen molar-refractivity contribution in [1.82, 2.24) is 0 Å². The molecule has 3 heteroatoms. The highest BCUT2D eigenvalue weighted by Gasteiger charge is 2.54. The maximum atomic E-state index is 12.3. The first-order valence-corrected chi connectivity index (χ1v) is 8.86. The van der Waals surface area contributed by atoms with Crippen molar-refractivity contribution in [3.05, 3.63) is 35.4 Å². The van der Waals surface area contributed by atoms with Crippen LogP contribution in [0.25, 0.3) is 6.08 Å². The summed E-state index contributed by atoms with van der Waals surface area (Å²) < 4.78 is 11.4. The fourth-order valence-corrected chi connectivity index (χ4v) is 3.79. The Morgan fingerprint density at radius 3 is 2.67 bits per heavy atom. The first-order chi connectivity index (χ1) is 11.2.